The summed E-state index contributed by atoms with van der Waals surface area (Å²) >= 11 is 0. The van der Waals surface area contributed by atoms with Gasteiger partial charge in [-0.05, 0) is 37.3 Å². The Balaban J connectivity index is 1.61. The lowest BCUT2D eigenvalue weighted by Crippen LogP contribution is -2.49. The van der Waals surface area contributed by atoms with Crippen molar-refractivity contribution in [1.82, 2.24) is 0 Å². The summed E-state index contributed by atoms with van der Waals surface area (Å²) in [5, 5.41) is 10.7. The average Bonchev–Trinajstić information content (AvgIpc) is 3.32. The minimum atomic E-state index is -0.793. The van der Waals surface area contributed by atoms with Gasteiger partial charge in [0.2, 0.25) is 5.91 Å². The second kappa shape index (κ2) is 4.76. The molecule has 4 aliphatic rings. The molecule has 7 atom stereocenters. The average molecular weight is 347 g/mol. The van der Waals surface area contributed by atoms with Crippen LogP contribution in [-0.4, -0.2) is 23.2 Å². The van der Waals surface area contributed by atoms with E-state index in [1.807, 2.05) is 35.2 Å². The Kier molecular flexibility index (Phi) is 2.73. The summed E-state index contributed by atoms with van der Waals surface area (Å²) in [6.07, 6.45) is 0.223. The van der Waals surface area contributed by atoms with Crippen LogP contribution in [0.2, 0.25) is 0 Å². The first kappa shape index (κ1) is 14.9. The van der Waals surface area contributed by atoms with E-state index in [0.717, 1.165) is 17.7 Å². The maximum absolute atomic E-state index is 13.5. The van der Waals surface area contributed by atoms with E-state index < -0.39 is 11.8 Å². The van der Waals surface area contributed by atoms with Crippen LogP contribution in [0.3, 0.4) is 0 Å². The van der Waals surface area contributed by atoms with E-state index in [1.54, 1.807) is 0 Å². The van der Waals surface area contributed by atoms with E-state index in [2.05, 4.69) is 31.2 Å². The van der Waals surface area contributed by atoms with Gasteiger partial charge >= 0.3 is 0 Å². The molecular weight excluding hydrogens is 326 g/mol. The first-order valence-electron chi connectivity index (χ1n) is 9.45. The molecule has 26 heavy (non-hydrogen) atoms. The summed E-state index contributed by atoms with van der Waals surface area (Å²) in [5.74, 6) is 0.376. The van der Waals surface area contributed by atoms with Gasteiger partial charge < -0.3 is 9.84 Å². The van der Waals surface area contributed by atoms with Crippen molar-refractivity contribution in [3.8, 4) is 0 Å². The summed E-state index contributed by atoms with van der Waals surface area (Å²) in [4.78, 5) is 15.4. The number of para-hydroxylation sites is 1. The van der Waals surface area contributed by atoms with Crippen LogP contribution in [0.1, 0.15) is 17.5 Å². The highest BCUT2D eigenvalue weighted by atomic mass is 16.6. The maximum Gasteiger partial charge on any atom is 0.233 e. The number of anilines is 1. The zero-order valence-electron chi connectivity index (χ0n) is 14.6. The summed E-state index contributed by atoms with van der Waals surface area (Å²) in [7, 11) is 0. The van der Waals surface area contributed by atoms with E-state index in [-0.39, 0.29) is 35.7 Å². The fourth-order valence-electron chi connectivity index (χ4n) is 6.23. The Morgan fingerprint density at radius 1 is 1.08 bits per heavy atom. The van der Waals surface area contributed by atoms with Crippen molar-refractivity contribution in [2.75, 3.05) is 4.90 Å². The molecular formula is C22H21NO3. The molecule has 2 aromatic carbocycles. The van der Waals surface area contributed by atoms with Crippen LogP contribution in [0.25, 0.3) is 0 Å². The van der Waals surface area contributed by atoms with Gasteiger partial charge in [-0.1, -0.05) is 48.0 Å². The van der Waals surface area contributed by atoms with Gasteiger partial charge in [-0.2, -0.15) is 0 Å². The molecule has 4 fully saturated rings. The Morgan fingerprint density at radius 2 is 1.81 bits per heavy atom. The van der Waals surface area contributed by atoms with E-state index in [0.29, 0.717) is 0 Å². The lowest BCUT2D eigenvalue weighted by Gasteiger charge is -2.39. The van der Waals surface area contributed by atoms with Crippen LogP contribution < -0.4 is 4.90 Å². The summed E-state index contributed by atoms with van der Waals surface area (Å²) in [6, 6.07) is 18.2. The number of aliphatic hydroxyl groups excluding tert-OH is 1. The number of aliphatic hydroxyl groups is 1. The van der Waals surface area contributed by atoms with E-state index in [1.165, 1.54) is 5.56 Å². The fourth-order valence-corrected chi connectivity index (χ4v) is 6.23. The molecule has 2 saturated heterocycles. The standard InChI is InChI=1S/C22H21NO3/c1-12-7-9-13(10-8-12)22-18-16-11-15(19(24)20(16)26-22)17(18)21(25)23(22)14-5-3-2-4-6-14/h2-10,15-20,24H,11H2,1H3. The first-order chi connectivity index (χ1) is 12.6. The first-order valence-corrected chi connectivity index (χ1v) is 9.45. The highest BCUT2D eigenvalue weighted by molar-refractivity contribution is 6.00. The molecule has 4 heteroatoms. The van der Waals surface area contributed by atoms with Crippen molar-refractivity contribution < 1.29 is 14.6 Å². The zero-order chi connectivity index (χ0) is 17.6. The van der Waals surface area contributed by atoms with Crippen molar-refractivity contribution in [2.24, 2.45) is 23.7 Å². The summed E-state index contributed by atoms with van der Waals surface area (Å²) in [5.41, 5.74) is 2.29. The molecule has 0 radical (unpaired) electrons. The number of hydrogen-bond acceptors (Lipinski definition) is 3. The van der Waals surface area contributed by atoms with Gasteiger partial charge in [-0.15, -0.1) is 0 Å². The molecule has 2 bridgehead atoms. The van der Waals surface area contributed by atoms with Crippen LogP contribution >= 0.6 is 0 Å². The van der Waals surface area contributed by atoms with Crippen molar-refractivity contribution in [2.45, 2.75) is 31.3 Å². The highest BCUT2D eigenvalue weighted by Crippen LogP contribution is 2.70. The Morgan fingerprint density at radius 3 is 2.54 bits per heavy atom. The molecule has 6 rings (SSSR count). The minimum Gasteiger partial charge on any atom is -0.390 e. The van der Waals surface area contributed by atoms with Crippen LogP contribution in [0.5, 0.6) is 0 Å². The van der Waals surface area contributed by atoms with Crippen LogP contribution in [0, 0.1) is 30.6 Å². The number of benzene rings is 2. The van der Waals surface area contributed by atoms with Gasteiger partial charge in [0, 0.05) is 17.2 Å². The molecule has 2 heterocycles. The number of amides is 1. The number of nitrogens with zero attached hydrogens (tertiary/aromatic N) is 1. The van der Waals surface area contributed by atoms with Gasteiger partial charge in [-0.25, -0.2) is 0 Å². The van der Waals surface area contributed by atoms with Gasteiger partial charge in [0.1, 0.15) is 0 Å². The van der Waals surface area contributed by atoms with Crippen molar-refractivity contribution in [3.05, 3.63) is 65.7 Å². The largest absolute Gasteiger partial charge is 0.390 e. The minimum absolute atomic E-state index is 0.0311. The molecule has 2 saturated carbocycles. The normalized spacial score (nSPS) is 42.1. The van der Waals surface area contributed by atoms with Gasteiger partial charge in [0.15, 0.2) is 5.72 Å². The quantitative estimate of drug-likeness (QED) is 0.909. The second-order valence-electron chi connectivity index (χ2n) is 8.26. The zero-order valence-corrected chi connectivity index (χ0v) is 14.6. The van der Waals surface area contributed by atoms with Crippen LogP contribution in [0.4, 0.5) is 5.69 Å². The van der Waals surface area contributed by atoms with Gasteiger partial charge in [0.25, 0.3) is 0 Å². The number of hydrogen-bond donors (Lipinski definition) is 1. The number of aryl methyl sites for hydroxylation is 1. The van der Waals surface area contributed by atoms with Crippen molar-refractivity contribution in [1.29, 1.82) is 0 Å². The van der Waals surface area contributed by atoms with Crippen LogP contribution in [-0.2, 0) is 15.3 Å². The number of fused-ring (bicyclic) bond motifs is 2. The third kappa shape index (κ3) is 1.52. The fraction of sp³-hybridized carbons (Fsp3) is 0.409. The van der Waals surface area contributed by atoms with Gasteiger partial charge in [0.05, 0.1) is 18.1 Å². The van der Waals surface area contributed by atoms with E-state index in [9.17, 15) is 9.90 Å². The Bertz CT molecular complexity index is 895. The smallest absolute Gasteiger partial charge is 0.233 e. The number of carbonyl (C=O) groups excluding carboxylic acids is 1. The van der Waals surface area contributed by atoms with Crippen molar-refractivity contribution >= 4 is 11.6 Å². The Hall–Kier alpha value is -2.17. The monoisotopic (exact) mass is 347 g/mol. The van der Waals surface area contributed by atoms with E-state index in [4.69, 9.17) is 4.74 Å². The van der Waals surface area contributed by atoms with E-state index >= 15 is 0 Å². The molecule has 1 N–H and O–H groups in total. The molecule has 0 spiro atoms. The second-order valence-corrected chi connectivity index (χ2v) is 8.26. The predicted octanol–water partition coefficient (Wildman–Crippen LogP) is 2.84. The maximum atomic E-state index is 13.5. The number of ether oxygens (including phenoxy) is 1. The molecule has 132 valence electrons. The molecule has 2 aromatic rings. The number of rotatable bonds is 2. The Labute approximate surface area is 152 Å². The molecule has 2 aliphatic carbocycles. The molecule has 1 amide bonds. The lowest BCUT2D eigenvalue weighted by atomic mass is 9.75. The van der Waals surface area contributed by atoms with Crippen molar-refractivity contribution in [3.63, 3.8) is 0 Å². The number of carbonyl (C=O) groups is 1. The third-order valence-corrected chi connectivity index (χ3v) is 7.14. The van der Waals surface area contributed by atoms with Gasteiger partial charge in [-0.3, -0.25) is 9.69 Å². The lowest BCUT2D eigenvalue weighted by molar-refractivity contribution is -0.133. The predicted molar refractivity (Wildman–Crippen MR) is 96.2 cm³/mol. The molecule has 0 aromatic heterocycles. The molecule has 2 aliphatic heterocycles. The SMILES string of the molecule is Cc1ccc(C23OC4C(O)C5CC4C2C5C(=O)N3c2ccccc2)cc1. The highest BCUT2D eigenvalue weighted by Gasteiger charge is 2.79. The summed E-state index contributed by atoms with van der Waals surface area (Å²) < 4.78 is 6.65. The molecule has 4 nitrogen and oxygen atoms in total. The van der Waals surface area contributed by atoms with Crippen LogP contribution in [0.15, 0.2) is 54.6 Å². The summed E-state index contributed by atoms with van der Waals surface area (Å²) in [6.45, 7) is 2.06. The molecule has 7 unspecified atom stereocenters. The topological polar surface area (TPSA) is 49.8 Å². The third-order valence-electron chi connectivity index (χ3n) is 7.14.